The topological polar surface area (TPSA) is 27.0 Å². The molecule has 0 atom stereocenters. The van der Waals surface area contributed by atoms with E-state index in [-0.39, 0.29) is 0 Å². The van der Waals surface area contributed by atoms with Crippen LogP contribution in [0.1, 0.15) is 18.7 Å². The van der Waals surface area contributed by atoms with Crippen LogP contribution in [0.25, 0.3) is 0 Å². The fourth-order valence-corrected chi connectivity index (χ4v) is 2.34. The fourth-order valence-electron chi connectivity index (χ4n) is 1.40. The molecule has 1 rings (SSSR count). The minimum absolute atomic E-state index is 0.646. The van der Waals surface area contributed by atoms with Crippen LogP contribution in [0.15, 0.2) is 6.07 Å². The van der Waals surface area contributed by atoms with Gasteiger partial charge in [-0.25, -0.2) is 0 Å². The van der Waals surface area contributed by atoms with Crippen molar-refractivity contribution in [1.82, 2.24) is 0 Å². The molecule has 0 fully saturated rings. The van der Waals surface area contributed by atoms with Crippen molar-refractivity contribution in [2.24, 2.45) is 5.92 Å². The highest BCUT2D eigenvalue weighted by atomic mass is 32.1. The van der Waals surface area contributed by atoms with Crippen LogP contribution in [0, 0.1) is 17.2 Å². The van der Waals surface area contributed by atoms with Gasteiger partial charge in [-0.15, -0.1) is 11.3 Å². The van der Waals surface area contributed by atoms with Gasteiger partial charge < -0.3 is 4.90 Å². The summed E-state index contributed by atoms with van der Waals surface area (Å²) in [6, 6.07) is 4.30. The van der Waals surface area contributed by atoms with E-state index >= 15 is 0 Å². The van der Waals surface area contributed by atoms with E-state index in [0.29, 0.717) is 5.92 Å². The van der Waals surface area contributed by atoms with Crippen molar-refractivity contribution in [3.05, 3.63) is 10.9 Å². The zero-order valence-electron chi connectivity index (χ0n) is 9.16. The lowest BCUT2D eigenvalue weighted by Crippen LogP contribution is -2.21. The minimum atomic E-state index is 0.646. The molecule has 0 unspecified atom stereocenters. The van der Waals surface area contributed by atoms with Gasteiger partial charge in [-0.2, -0.15) is 5.26 Å². The van der Waals surface area contributed by atoms with Crippen molar-refractivity contribution in [2.45, 2.75) is 13.8 Å². The summed E-state index contributed by atoms with van der Waals surface area (Å²) in [5.74, 6) is 0.646. The molecule has 0 aromatic carbocycles. The Hall–Kier alpha value is -0.945. The van der Waals surface area contributed by atoms with E-state index in [1.165, 1.54) is 5.00 Å². The lowest BCUT2D eigenvalue weighted by molar-refractivity contribution is 0.641. The van der Waals surface area contributed by atoms with Crippen LogP contribution in [0.4, 0.5) is 5.00 Å². The van der Waals surface area contributed by atoms with E-state index < -0.39 is 0 Å². The molecule has 0 saturated heterocycles. The molecule has 0 saturated carbocycles. The van der Waals surface area contributed by atoms with Crippen LogP contribution in [-0.2, 0) is 0 Å². The summed E-state index contributed by atoms with van der Waals surface area (Å²) in [6.07, 6.45) is 0. The molecule has 0 bridgehead atoms. The van der Waals surface area contributed by atoms with Crippen molar-refractivity contribution in [3.63, 3.8) is 0 Å². The first-order chi connectivity index (χ1) is 6.54. The van der Waals surface area contributed by atoms with E-state index in [0.717, 1.165) is 16.9 Å². The standard InChI is InChI=1S/C10H15BN2S/c1-7(2)6-13(3)10-4-8(11)9(5-12)14-10/h4,7H,6,11H2,1-3H3. The summed E-state index contributed by atoms with van der Waals surface area (Å²) in [6.45, 7) is 5.43. The van der Waals surface area contributed by atoms with E-state index in [2.05, 4.69) is 37.9 Å². The van der Waals surface area contributed by atoms with Crippen molar-refractivity contribution in [2.75, 3.05) is 18.5 Å². The van der Waals surface area contributed by atoms with Gasteiger partial charge >= 0.3 is 0 Å². The molecule has 0 N–H and O–H groups in total. The van der Waals surface area contributed by atoms with Crippen molar-refractivity contribution >= 4 is 29.6 Å². The van der Waals surface area contributed by atoms with Crippen LogP contribution in [0.2, 0.25) is 0 Å². The maximum Gasteiger partial charge on any atom is 0.142 e. The largest absolute Gasteiger partial charge is 0.366 e. The van der Waals surface area contributed by atoms with Gasteiger partial charge in [0, 0.05) is 13.6 Å². The maximum absolute atomic E-state index is 8.84. The first kappa shape index (κ1) is 11.1. The smallest absolute Gasteiger partial charge is 0.142 e. The van der Waals surface area contributed by atoms with Crippen LogP contribution in [0.3, 0.4) is 0 Å². The number of nitrogens with zero attached hydrogens (tertiary/aromatic N) is 2. The predicted octanol–water partition coefficient (Wildman–Crippen LogP) is 0.970. The average Bonchev–Trinajstić information content (AvgIpc) is 2.45. The van der Waals surface area contributed by atoms with E-state index in [9.17, 15) is 0 Å². The van der Waals surface area contributed by atoms with E-state index in [4.69, 9.17) is 5.26 Å². The van der Waals surface area contributed by atoms with Gasteiger partial charge in [-0.05, 0) is 12.0 Å². The number of nitriles is 1. The first-order valence-electron chi connectivity index (χ1n) is 4.76. The predicted molar refractivity (Wildman–Crippen MR) is 65.3 cm³/mol. The number of rotatable bonds is 3. The Morgan fingerprint density at radius 1 is 1.64 bits per heavy atom. The molecule has 0 spiro atoms. The number of anilines is 1. The molecule has 1 heterocycles. The van der Waals surface area contributed by atoms with Gasteiger partial charge in [0.15, 0.2) is 0 Å². The molecule has 0 radical (unpaired) electrons. The summed E-state index contributed by atoms with van der Waals surface area (Å²) in [5.41, 5.74) is 1.09. The zero-order valence-corrected chi connectivity index (χ0v) is 9.98. The van der Waals surface area contributed by atoms with Gasteiger partial charge in [0.2, 0.25) is 0 Å². The van der Waals surface area contributed by atoms with Crippen LogP contribution in [-0.4, -0.2) is 21.4 Å². The third-order valence-corrected chi connectivity index (χ3v) is 3.28. The summed E-state index contributed by atoms with van der Waals surface area (Å²) in [4.78, 5) is 3.04. The fraction of sp³-hybridized carbons (Fsp3) is 0.500. The molecule has 14 heavy (non-hydrogen) atoms. The average molecular weight is 206 g/mol. The third kappa shape index (κ3) is 2.52. The summed E-state index contributed by atoms with van der Waals surface area (Å²) < 4.78 is 0. The number of hydrogen-bond acceptors (Lipinski definition) is 3. The highest BCUT2D eigenvalue weighted by molar-refractivity contribution is 7.17. The molecule has 1 aromatic rings. The quantitative estimate of drug-likeness (QED) is 0.689. The first-order valence-corrected chi connectivity index (χ1v) is 5.58. The second-order valence-electron chi connectivity index (χ2n) is 3.98. The zero-order chi connectivity index (χ0) is 10.7. The number of thiophene rings is 1. The van der Waals surface area contributed by atoms with Gasteiger partial charge in [0.1, 0.15) is 18.8 Å². The number of hydrogen-bond donors (Lipinski definition) is 0. The van der Waals surface area contributed by atoms with Gasteiger partial charge in [-0.3, -0.25) is 0 Å². The molecule has 0 aliphatic rings. The van der Waals surface area contributed by atoms with Gasteiger partial charge in [0.05, 0.1) is 5.00 Å². The Morgan fingerprint density at radius 2 is 2.29 bits per heavy atom. The van der Waals surface area contributed by atoms with Gasteiger partial charge in [0.25, 0.3) is 0 Å². The summed E-state index contributed by atoms with van der Waals surface area (Å²) in [5, 5.41) is 10.0. The van der Waals surface area contributed by atoms with Crippen molar-refractivity contribution < 1.29 is 0 Å². The molecule has 74 valence electrons. The van der Waals surface area contributed by atoms with E-state index in [1.807, 2.05) is 7.85 Å². The highest BCUT2D eigenvalue weighted by Gasteiger charge is 2.09. The van der Waals surface area contributed by atoms with Crippen molar-refractivity contribution in [1.29, 1.82) is 5.26 Å². The Balaban J connectivity index is 2.81. The van der Waals surface area contributed by atoms with Crippen molar-refractivity contribution in [3.8, 4) is 6.07 Å². The second kappa shape index (κ2) is 4.52. The normalized spacial score (nSPS) is 10.2. The third-order valence-electron chi connectivity index (χ3n) is 2.02. The molecule has 2 nitrogen and oxygen atoms in total. The Labute approximate surface area is 90.6 Å². The Kier molecular flexibility index (Phi) is 3.59. The maximum atomic E-state index is 8.84. The summed E-state index contributed by atoms with van der Waals surface area (Å²) >= 11 is 1.57. The Bertz CT molecular complexity index is 351. The van der Waals surface area contributed by atoms with Crippen LogP contribution >= 0.6 is 11.3 Å². The van der Waals surface area contributed by atoms with Gasteiger partial charge in [-0.1, -0.05) is 19.3 Å². The lowest BCUT2D eigenvalue weighted by atomic mass is 9.97. The van der Waals surface area contributed by atoms with Crippen LogP contribution < -0.4 is 10.4 Å². The second-order valence-corrected chi connectivity index (χ2v) is 5.01. The SMILES string of the molecule is Bc1cc(N(C)CC(C)C)sc1C#N. The lowest BCUT2D eigenvalue weighted by Gasteiger charge is -2.18. The molecular weight excluding hydrogens is 191 g/mol. The monoisotopic (exact) mass is 206 g/mol. The van der Waals surface area contributed by atoms with Crippen LogP contribution in [0.5, 0.6) is 0 Å². The summed E-state index contributed by atoms with van der Waals surface area (Å²) in [7, 11) is 4.06. The molecule has 1 aromatic heterocycles. The molecule has 4 heteroatoms. The minimum Gasteiger partial charge on any atom is -0.366 e. The molecule has 0 aliphatic carbocycles. The highest BCUT2D eigenvalue weighted by Crippen LogP contribution is 2.22. The van der Waals surface area contributed by atoms with E-state index in [1.54, 1.807) is 11.3 Å². The molecule has 0 amide bonds. The molecule has 0 aliphatic heterocycles. The molecular formula is C10H15BN2S. The Morgan fingerprint density at radius 3 is 2.71 bits per heavy atom.